The molecular formula is C29H28ClFN6O. The number of ether oxygens (including phenoxy) is 1. The molecule has 1 aliphatic rings. The molecule has 5 N–H and O–H groups in total. The van der Waals surface area contributed by atoms with Crippen LogP contribution in [0, 0.1) is 18.2 Å². The molecule has 0 radical (unpaired) electrons. The zero-order valence-corrected chi connectivity index (χ0v) is 21.9. The van der Waals surface area contributed by atoms with Crippen molar-refractivity contribution in [3.63, 3.8) is 0 Å². The molecule has 1 saturated carbocycles. The van der Waals surface area contributed by atoms with E-state index in [1.807, 2.05) is 37.4 Å². The van der Waals surface area contributed by atoms with E-state index in [0.29, 0.717) is 39.2 Å². The van der Waals surface area contributed by atoms with Crippen molar-refractivity contribution in [1.82, 2.24) is 9.78 Å². The number of methoxy groups -OCH3 is 1. The third kappa shape index (κ3) is 4.95. The molecule has 0 saturated heterocycles. The summed E-state index contributed by atoms with van der Waals surface area (Å²) in [5, 5.41) is 19.3. The van der Waals surface area contributed by atoms with Gasteiger partial charge in [-0.25, -0.2) is 9.07 Å². The minimum Gasteiger partial charge on any atom is -0.496 e. The highest BCUT2D eigenvalue weighted by Gasteiger charge is 2.20. The van der Waals surface area contributed by atoms with E-state index in [0.717, 1.165) is 48.0 Å². The minimum absolute atomic E-state index is 0.289. The number of nitrogens with zero attached hydrogens (tertiary/aromatic N) is 2. The van der Waals surface area contributed by atoms with Gasteiger partial charge in [0.05, 0.1) is 23.5 Å². The van der Waals surface area contributed by atoms with E-state index in [9.17, 15) is 4.39 Å². The van der Waals surface area contributed by atoms with Crippen LogP contribution in [-0.2, 0) is 0 Å². The topological polar surface area (TPSA) is 101 Å². The second kappa shape index (κ2) is 10.6. The molecule has 38 heavy (non-hydrogen) atoms. The zero-order chi connectivity index (χ0) is 26.8. The summed E-state index contributed by atoms with van der Waals surface area (Å²) in [6, 6.07) is 15.8. The van der Waals surface area contributed by atoms with Gasteiger partial charge in [0.25, 0.3) is 0 Å². The Morgan fingerprint density at radius 1 is 1.18 bits per heavy atom. The van der Waals surface area contributed by atoms with Gasteiger partial charge in [-0.05, 0) is 74.2 Å². The monoisotopic (exact) mass is 530 g/mol. The van der Waals surface area contributed by atoms with Crippen molar-refractivity contribution < 1.29 is 9.13 Å². The lowest BCUT2D eigenvalue weighted by Crippen LogP contribution is -2.10. The van der Waals surface area contributed by atoms with Crippen molar-refractivity contribution in [2.45, 2.75) is 26.2 Å². The van der Waals surface area contributed by atoms with E-state index >= 15 is 0 Å². The number of nitrogen functional groups attached to an aromatic ring is 1. The lowest BCUT2D eigenvalue weighted by atomic mass is 9.88. The number of nitrogens with two attached hydrogens (primary N) is 1. The van der Waals surface area contributed by atoms with E-state index in [4.69, 9.17) is 32.6 Å². The first kappa shape index (κ1) is 25.4. The van der Waals surface area contributed by atoms with Gasteiger partial charge in [-0.1, -0.05) is 17.7 Å². The average molecular weight is 531 g/mol. The first-order valence-electron chi connectivity index (χ1n) is 12.2. The summed E-state index contributed by atoms with van der Waals surface area (Å²) >= 11 is 6.46. The lowest BCUT2D eigenvalue weighted by Gasteiger charge is -2.25. The van der Waals surface area contributed by atoms with Crippen LogP contribution in [0.3, 0.4) is 0 Å². The Bertz CT molecular complexity index is 1550. The summed E-state index contributed by atoms with van der Waals surface area (Å²) in [5.41, 5.74) is 13.0. The number of hydrogen-bond acceptors (Lipinski definition) is 6. The van der Waals surface area contributed by atoms with Gasteiger partial charge < -0.3 is 26.5 Å². The molecule has 0 aliphatic heterocycles. The summed E-state index contributed by atoms with van der Waals surface area (Å²) < 4.78 is 21.4. The van der Waals surface area contributed by atoms with Gasteiger partial charge in [0, 0.05) is 52.2 Å². The Morgan fingerprint density at radius 2 is 2.00 bits per heavy atom. The van der Waals surface area contributed by atoms with E-state index in [1.165, 1.54) is 17.7 Å². The van der Waals surface area contributed by atoms with Crippen LogP contribution < -0.4 is 21.1 Å². The molecule has 5 rings (SSSR count). The summed E-state index contributed by atoms with van der Waals surface area (Å²) in [4.78, 5) is 0. The van der Waals surface area contributed by atoms with Gasteiger partial charge in [0.1, 0.15) is 11.6 Å². The van der Waals surface area contributed by atoms with E-state index < -0.39 is 0 Å². The molecule has 1 heterocycles. The molecule has 1 aromatic heterocycles. The van der Waals surface area contributed by atoms with E-state index in [1.54, 1.807) is 30.0 Å². The SMILES string of the molecule is COc1cc(-n2cc(C)c(Nc3ccc(N)c(C=N)c3Cl)n2)ccc1C(Nc1cccc(F)c1)=C1CCC1. The Labute approximate surface area is 225 Å². The molecule has 0 spiro atoms. The highest BCUT2D eigenvalue weighted by molar-refractivity contribution is 6.36. The van der Waals surface area contributed by atoms with Gasteiger partial charge in [0.2, 0.25) is 0 Å². The summed E-state index contributed by atoms with van der Waals surface area (Å²) in [6.07, 6.45) is 6.16. The second-order valence-corrected chi connectivity index (χ2v) is 9.53. The average Bonchev–Trinajstić information content (AvgIpc) is 3.24. The number of aryl methyl sites for hydroxylation is 1. The number of allylic oxidation sites excluding steroid dienone is 1. The Hall–Kier alpha value is -4.30. The minimum atomic E-state index is -0.289. The molecular weight excluding hydrogens is 503 g/mol. The number of aromatic nitrogens is 2. The number of nitrogens with one attached hydrogen (secondary N) is 3. The predicted molar refractivity (Wildman–Crippen MR) is 153 cm³/mol. The van der Waals surface area contributed by atoms with Crippen LogP contribution in [0.2, 0.25) is 5.02 Å². The maximum atomic E-state index is 13.8. The quantitative estimate of drug-likeness (QED) is 0.141. The van der Waals surface area contributed by atoms with Crippen LogP contribution in [0.15, 0.2) is 66.4 Å². The van der Waals surface area contributed by atoms with Crippen LogP contribution in [0.25, 0.3) is 11.4 Å². The fourth-order valence-electron chi connectivity index (χ4n) is 4.38. The Balaban J connectivity index is 1.46. The molecule has 1 aliphatic carbocycles. The van der Waals surface area contributed by atoms with Crippen LogP contribution in [-0.4, -0.2) is 23.1 Å². The van der Waals surface area contributed by atoms with E-state index in [-0.39, 0.29) is 5.82 Å². The molecule has 0 bridgehead atoms. The number of rotatable bonds is 8. The predicted octanol–water partition coefficient (Wildman–Crippen LogP) is 7.31. The highest BCUT2D eigenvalue weighted by Crippen LogP contribution is 2.39. The molecule has 0 unspecified atom stereocenters. The fraction of sp³-hybridized carbons (Fsp3) is 0.172. The largest absolute Gasteiger partial charge is 0.496 e. The fourth-order valence-corrected chi connectivity index (χ4v) is 4.66. The van der Waals surface area contributed by atoms with E-state index in [2.05, 4.69) is 10.6 Å². The van der Waals surface area contributed by atoms with Gasteiger partial charge in [-0.15, -0.1) is 5.10 Å². The Morgan fingerprint density at radius 3 is 2.68 bits per heavy atom. The Kier molecular flexibility index (Phi) is 7.07. The normalized spacial score (nSPS) is 12.6. The lowest BCUT2D eigenvalue weighted by molar-refractivity contribution is 0.413. The third-order valence-corrected chi connectivity index (χ3v) is 7.04. The summed E-state index contributed by atoms with van der Waals surface area (Å²) in [5.74, 6) is 1.02. The molecule has 194 valence electrons. The summed E-state index contributed by atoms with van der Waals surface area (Å²) in [6.45, 7) is 1.95. The van der Waals surface area contributed by atoms with Crippen LogP contribution >= 0.6 is 11.6 Å². The number of anilines is 4. The molecule has 9 heteroatoms. The standard InChI is InChI=1S/C29H28ClFN6O/c1-17-16-37(36-29(17)35-25-12-11-24(33)23(15-32)27(25)30)21-9-10-22(26(14-21)38-2)28(18-5-3-6-18)34-20-8-4-7-19(31)13-20/h4,7-16,32,34H,3,5-6,33H2,1-2H3,(H,35,36). The number of hydrogen-bond donors (Lipinski definition) is 4. The maximum absolute atomic E-state index is 13.8. The maximum Gasteiger partial charge on any atom is 0.155 e. The van der Waals surface area contributed by atoms with Crippen molar-refractivity contribution in [3.05, 3.63) is 93.9 Å². The molecule has 3 aromatic carbocycles. The van der Waals surface area contributed by atoms with Crippen molar-refractivity contribution in [3.8, 4) is 11.4 Å². The highest BCUT2D eigenvalue weighted by atomic mass is 35.5. The second-order valence-electron chi connectivity index (χ2n) is 9.16. The number of benzene rings is 3. The number of halogens is 2. The molecule has 0 amide bonds. The first-order chi connectivity index (χ1) is 18.4. The molecule has 0 atom stereocenters. The van der Waals surface area contributed by atoms with Crippen LogP contribution in [0.4, 0.5) is 27.3 Å². The molecule has 4 aromatic rings. The van der Waals surface area contributed by atoms with Crippen LogP contribution in [0.1, 0.15) is 36.0 Å². The molecule has 7 nitrogen and oxygen atoms in total. The van der Waals surface area contributed by atoms with Gasteiger partial charge in [-0.3, -0.25) is 0 Å². The van der Waals surface area contributed by atoms with Crippen molar-refractivity contribution in [2.75, 3.05) is 23.5 Å². The van der Waals surface area contributed by atoms with Crippen molar-refractivity contribution in [2.24, 2.45) is 0 Å². The van der Waals surface area contributed by atoms with Crippen molar-refractivity contribution >= 4 is 46.4 Å². The molecule has 1 fully saturated rings. The van der Waals surface area contributed by atoms with Crippen molar-refractivity contribution in [1.29, 1.82) is 5.41 Å². The van der Waals surface area contributed by atoms with Gasteiger partial charge >= 0.3 is 0 Å². The third-order valence-electron chi connectivity index (χ3n) is 6.63. The van der Waals surface area contributed by atoms with Gasteiger partial charge in [0.15, 0.2) is 5.82 Å². The van der Waals surface area contributed by atoms with Gasteiger partial charge in [-0.2, -0.15) is 0 Å². The smallest absolute Gasteiger partial charge is 0.155 e. The van der Waals surface area contributed by atoms with Crippen LogP contribution in [0.5, 0.6) is 5.75 Å². The summed E-state index contributed by atoms with van der Waals surface area (Å²) in [7, 11) is 1.64. The first-order valence-corrected chi connectivity index (χ1v) is 12.6. The zero-order valence-electron chi connectivity index (χ0n) is 21.1.